The first kappa shape index (κ1) is 22.1. The van der Waals surface area contributed by atoms with Gasteiger partial charge in [-0.2, -0.15) is 0 Å². The SMILES string of the molecule is CCNC(=O)Oc1c(OC)ccc2c1C(=O)O[C@@H]2C1c2c(cc3c(c2OC)OCO3)CCN1C. The number of cyclic esters (lactones) is 1. The number of nitrogens with one attached hydrogen (secondary N) is 1. The zero-order valence-corrected chi connectivity index (χ0v) is 19.4. The standard InChI is InChI=1S/C24H26N2O8/c1-5-25-24(28)34-20-14(29-3)7-6-13-17(20)23(27)33-19(13)18-16-12(8-9-26(18)2)10-15-21(22(16)30-4)32-11-31-15/h6-7,10,18-19H,5,8-9,11H2,1-4H3,(H,25,28)/t18?,19-/m0/s1. The molecule has 0 radical (unpaired) electrons. The minimum absolute atomic E-state index is 0.0368. The molecule has 1 unspecified atom stereocenters. The Morgan fingerprint density at radius 2 is 2.03 bits per heavy atom. The number of likely N-dealkylation sites (N-methyl/N-ethyl adjacent to an activating group) is 1. The number of carbonyl (C=O) groups is 2. The fourth-order valence-electron chi connectivity index (χ4n) is 4.88. The van der Waals surface area contributed by atoms with Crippen molar-refractivity contribution < 1.29 is 38.0 Å². The molecule has 5 rings (SSSR count). The van der Waals surface area contributed by atoms with Crippen LogP contribution in [0, 0.1) is 0 Å². The molecule has 0 bridgehead atoms. The summed E-state index contributed by atoms with van der Waals surface area (Å²) in [5.74, 6) is 1.47. The second-order valence-electron chi connectivity index (χ2n) is 8.20. The molecule has 0 fully saturated rings. The lowest BCUT2D eigenvalue weighted by atomic mass is 9.85. The third-order valence-electron chi connectivity index (χ3n) is 6.37. The molecule has 10 heteroatoms. The molecule has 0 aromatic heterocycles. The Labute approximate surface area is 196 Å². The summed E-state index contributed by atoms with van der Waals surface area (Å²) in [5, 5.41) is 2.57. The summed E-state index contributed by atoms with van der Waals surface area (Å²) < 4.78 is 33.8. The zero-order chi connectivity index (χ0) is 24.0. The van der Waals surface area contributed by atoms with Crippen molar-refractivity contribution in [2.24, 2.45) is 0 Å². The predicted octanol–water partition coefficient (Wildman–Crippen LogP) is 2.98. The summed E-state index contributed by atoms with van der Waals surface area (Å²) in [5.41, 5.74) is 2.71. The van der Waals surface area contributed by atoms with Gasteiger partial charge in [-0.15, -0.1) is 0 Å². The Morgan fingerprint density at radius 3 is 2.76 bits per heavy atom. The summed E-state index contributed by atoms with van der Waals surface area (Å²) in [4.78, 5) is 27.4. The number of ether oxygens (including phenoxy) is 6. The van der Waals surface area contributed by atoms with Crippen molar-refractivity contribution in [3.63, 3.8) is 0 Å². The first-order valence-corrected chi connectivity index (χ1v) is 11.1. The molecule has 180 valence electrons. The normalized spacial score (nSPS) is 20.3. The summed E-state index contributed by atoms with van der Waals surface area (Å²) in [7, 11) is 5.00. The van der Waals surface area contributed by atoms with Gasteiger partial charge in [0.05, 0.1) is 20.3 Å². The number of nitrogens with zero attached hydrogens (tertiary/aromatic N) is 1. The van der Waals surface area contributed by atoms with Gasteiger partial charge in [0.15, 0.2) is 23.0 Å². The maximum Gasteiger partial charge on any atom is 0.412 e. The lowest BCUT2D eigenvalue weighted by Crippen LogP contribution is -2.36. The third kappa shape index (κ3) is 3.37. The largest absolute Gasteiger partial charge is 0.493 e. The molecule has 2 atom stereocenters. The number of benzene rings is 2. The average Bonchev–Trinajstić information content (AvgIpc) is 3.42. The Balaban J connectivity index is 1.63. The van der Waals surface area contributed by atoms with Crippen LogP contribution in [-0.2, 0) is 11.2 Å². The molecule has 2 aromatic carbocycles. The summed E-state index contributed by atoms with van der Waals surface area (Å²) in [6.07, 6.45) is -0.569. The van der Waals surface area contributed by atoms with E-state index in [2.05, 4.69) is 10.2 Å². The van der Waals surface area contributed by atoms with Gasteiger partial charge in [-0.1, -0.05) is 6.07 Å². The molecule has 3 aliphatic rings. The Bertz CT molecular complexity index is 1160. The molecule has 1 N–H and O–H groups in total. The van der Waals surface area contributed by atoms with E-state index in [0.717, 1.165) is 24.1 Å². The van der Waals surface area contributed by atoms with Crippen molar-refractivity contribution in [2.75, 3.05) is 41.1 Å². The van der Waals surface area contributed by atoms with Crippen LogP contribution in [0.15, 0.2) is 18.2 Å². The number of esters is 1. The molecule has 0 spiro atoms. The smallest absolute Gasteiger partial charge is 0.412 e. The van der Waals surface area contributed by atoms with E-state index in [9.17, 15) is 9.59 Å². The van der Waals surface area contributed by atoms with Crippen LogP contribution in [0.2, 0.25) is 0 Å². The summed E-state index contributed by atoms with van der Waals surface area (Å²) in [6, 6.07) is 5.05. The predicted molar refractivity (Wildman–Crippen MR) is 119 cm³/mol. The number of methoxy groups -OCH3 is 2. The number of amides is 1. The molecule has 2 aromatic rings. The van der Waals surface area contributed by atoms with Gasteiger partial charge in [0.1, 0.15) is 11.7 Å². The molecule has 0 saturated heterocycles. The van der Waals surface area contributed by atoms with E-state index in [1.54, 1.807) is 26.2 Å². The van der Waals surface area contributed by atoms with Gasteiger partial charge in [0.25, 0.3) is 0 Å². The Hall–Kier alpha value is -3.66. The number of fused-ring (bicyclic) bond motifs is 3. The van der Waals surface area contributed by atoms with Gasteiger partial charge in [0, 0.05) is 24.2 Å². The van der Waals surface area contributed by atoms with Crippen molar-refractivity contribution in [3.05, 3.63) is 40.5 Å². The van der Waals surface area contributed by atoms with E-state index in [1.165, 1.54) is 7.11 Å². The first-order valence-electron chi connectivity index (χ1n) is 11.1. The molecule has 3 aliphatic heterocycles. The molecule has 34 heavy (non-hydrogen) atoms. The quantitative estimate of drug-likeness (QED) is 0.660. The van der Waals surface area contributed by atoms with Crippen LogP contribution in [0.5, 0.6) is 28.7 Å². The van der Waals surface area contributed by atoms with Crippen LogP contribution >= 0.6 is 0 Å². The Kier molecular flexibility index (Phi) is 5.60. The number of carbonyl (C=O) groups excluding carboxylic acids is 2. The van der Waals surface area contributed by atoms with Gasteiger partial charge in [-0.25, -0.2) is 9.59 Å². The number of hydrogen-bond donors (Lipinski definition) is 1. The maximum atomic E-state index is 13.1. The highest BCUT2D eigenvalue weighted by Gasteiger charge is 2.46. The van der Waals surface area contributed by atoms with Gasteiger partial charge in [-0.05, 0) is 38.1 Å². The van der Waals surface area contributed by atoms with Crippen molar-refractivity contribution in [1.29, 1.82) is 0 Å². The van der Waals surface area contributed by atoms with Crippen LogP contribution in [0.4, 0.5) is 4.79 Å². The topological polar surface area (TPSA) is 105 Å². The van der Waals surface area contributed by atoms with Crippen LogP contribution in [0.1, 0.15) is 46.1 Å². The second-order valence-corrected chi connectivity index (χ2v) is 8.20. The number of rotatable bonds is 5. The van der Waals surface area contributed by atoms with Crippen LogP contribution in [0.25, 0.3) is 0 Å². The van der Waals surface area contributed by atoms with Gasteiger partial charge < -0.3 is 33.7 Å². The third-order valence-corrected chi connectivity index (χ3v) is 6.37. The van der Waals surface area contributed by atoms with Crippen molar-refractivity contribution in [2.45, 2.75) is 25.5 Å². The summed E-state index contributed by atoms with van der Waals surface area (Å²) >= 11 is 0. The highest BCUT2D eigenvalue weighted by atomic mass is 16.7. The molecule has 3 heterocycles. The van der Waals surface area contributed by atoms with E-state index in [4.69, 9.17) is 28.4 Å². The van der Waals surface area contributed by atoms with Crippen LogP contribution in [-0.4, -0.2) is 58.1 Å². The molecular weight excluding hydrogens is 444 g/mol. The summed E-state index contributed by atoms with van der Waals surface area (Å²) in [6.45, 7) is 3.01. The van der Waals surface area contributed by atoms with E-state index in [-0.39, 0.29) is 29.9 Å². The first-order chi connectivity index (χ1) is 16.5. The highest BCUT2D eigenvalue weighted by molar-refractivity contribution is 5.99. The van der Waals surface area contributed by atoms with E-state index in [0.29, 0.717) is 29.4 Å². The van der Waals surface area contributed by atoms with Crippen molar-refractivity contribution in [3.8, 4) is 28.7 Å². The highest BCUT2D eigenvalue weighted by Crippen LogP contribution is 2.55. The Morgan fingerprint density at radius 1 is 1.21 bits per heavy atom. The zero-order valence-electron chi connectivity index (χ0n) is 19.4. The van der Waals surface area contributed by atoms with Crippen LogP contribution < -0.4 is 29.0 Å². The lowest BCUT2D eigenvalue weighted by molar-refractivity contribution is 0.00876. The van der Waals surface area contributed by atoms with Crippen LogP contribution in [0.3, 0.4) is 0 Å². The number of hydrogen-bond acceptors (Lipinski definition) is 9. The fourth-order valence-corrected chi connectivity index (χ4v) is 4.88. The van der Waals surface area contributed by atoms with Gasteiger partial charge >= 0.3 is 12.1 Å². The average molecular weight is 470 g/mol. The maximum absolute atomic E-state index is 13.1. The van der Waals surface area contributed by atoms with Gasteiger partial charge in [-0.3, -0.25) is 4.90 Å². The fraction of sp³-hybridized carbons (Fsp3) is 0.417. The van der Waals surface area contributed by atoms with Gasteiger partial charge in [0.2, 0.25) is 12.5 Å². The lowest BCUT2D eigenvalue weighted by Gasteiger charge is -2.38. The minimum Gasteiger partial charge on any atom is -0.493 e. The minimum atomic E-state index is -0.681. The molecule has 0 aliphatic carbocycles. The van der Waals surface area contributed by atoms with E-state index >= 15 is 0 Å². The monoisotopic (exact) mass is 470 g/mol. The van der Waals surface area contributed by atoms with Crippen molar-refractivity contribution in [1.82, 2.24) is 10.2 Å². The molecular formula is C24H26N2O8. The van der Waals surface area contributed by atoms with E-state index < -0.39 is 18.2 Å². The molecule has 10 nitrogen and oxygen atoms in total. The van der Waals surface area contributed by atoms with Crippen molar-refractivity contribution >= 4 is 12.1 Å². The molecule has 0 saturated carbocycles. The molecule has 1 amide bonds. The van der Waals surface area contributed by atoms with E-state index in [1.807, 2.05) is 13.1 Å². The second kappa shape index (κ2) is 8.60.